The van der Waals surface area contributed by atoms with E-state index in [0.717, 1.165) is 19.3 Å². The minimum absolute atomic E-state index is 0.0334. The summed E-state index contributed by atoms with van der Waals surface area (Å²) in [5.41, 5.74) is 0. The molecule has 1 saturated heterocycles. The second-order valence-corrected chi connectivity index (χ2v) is 4.24. The molecule has 0 N–H and O–H groups in total. The van der Waals surface area contributed by atoms with Crippen LogP contribution in [0.15, 0.2) is 0 Å². The highest BCUT2D eigenvalue weighted by Gasteiger charge is 2.22. The third-order valence-corrected chi connectivity index (χ3v) is 2.49. The summed E-state index contributed by atoms with van der Waals surface area (Å²) >= 11 is 0. The molecule has 14 heavy (non-hydrogen) atoms. The largest absolute Gasteiger partial charge is 0.465 e. The Bertz CT molecular complexity index is 171. The Kier molecular flexibility index (Phi) is 4.94. The minimum Gasteiger partial charge on any atom is -0.465 e. The lowest BCUT2D eigenvalue weighted by molar-refractivity contribution is -0.151. The number of carbonyl (C=O) groups is 1. The van der Waals surface area contributed by atoms with E-state index in [1.807, 2.05) is 0 Å². The van der Waals surface area contributed by atoms with Crippen molar-refractivity contribution in [3.63, 3.8) is 0 Å². The molecular formula is C11H20O3. The van der Waals surface area contributed by atoms with Gasteiger partial charge in [0, 0.05) is 13.2 Å². The number of rotatable bonds is 4. The monoisotopic (exact) mass is 200 g/mol. The summed E-state index contributed by atoms with van der Waals surface area (Å²) in [6.45, 7) is 6.21. The van der Waals surface area contributed by atoms with Gasteiger partial charge in [0.25, 0.3) is 0 Å². The van der Waals surface area contributed by atoms with Gasteiger partial charge in [-0.25, -0.2) is 0 Å². The molecule has 1 heterocycles. The molecule has 1 fully saturated rings. The highest BCUT2D eigenvalue weighted by atomic mass is 16.5. The molecule has 1 aliphatic heterocycles. The molecule has 0 aliphatic carbocycles. The number of esters is 1. The Balaban J connectivity index is 2.13. The zero-order valence-corrected chi connectivity index (χ0v) is 9.12. The molecule has 0 spiro atoms. The minimum atomic E-state index is -0.0334. The van der Waals surface area contributed by atoms with Gasteiger partial charge in [0.2, 0.25) is 0 Å². The molecule has 0 bridgehead atoms. The van der Waals surface area contributed by atoms with E-state index in [1.54, 1.807) is 0 Å². The summed E-state index contributed by atoms with van der Waals surface area (Å²) in [5.74, 6) is 0.641. The lowest BCUT2D eigenvalue weighted by Crippen LogP contribution is -2.25. The third-order valence-electron chi connectivity index (χ3n) is 2.49. The van der Waals surface area contributed by atoms with Gasteiger partial charge in [0.05, 0.1) is 12.5 Å². The summed E-state index contributed by atoms with van der Waals surface area (Å²) in [4.78, 5) is 11.5. The maximum Gasteiger partial charge on any atom is 0.309 e. The van der Waals surface area contributed by atoms with Crippen molar-refractivity contribution in [1.29, 1.82) is 0 Å². The fourth-order valence-electron chi connectivity index (χ4n) is 1.45. The van der Waals surface area contributed by atoms with Crippen LogP contribution in [-0.4, -0.2) is 25.8 Å². The van der Waals surface area contributed by atoms with Gasteiger partial charge in [0.1, 0.15) is 0 Å². The Morgan fingerprint density at radius 2 is 2.07 bits per heavy atom. The van der Waals surface area contributed by atoms with Crippen LogP contribution in [0, 0.1) is 11.8 Å². The quantitative estimate of drug-likeness (QED) is 0.651. The fourth-order valence-corrected chi connectivity index (χ4v) is 1.45. The second-order valence-electron chi connectivity index (χ2n) is 4.24. The predicted octanol–water partition coefficient (Wildman–Crippen LogP) is 2.00. The second kappa shape index (κ2) is 6.02. The maximum absolute atomic E-state index is 11.5. The molecular weight excluding hydrogens is 180 g/mol. The van der Waals surface area contributed by atoms with E-state index in [1.165, 1.54) is 0 Å². The van der Waals surface area contributed by atoms with Crippen LogP contribution in [0.2, 0.25) is 0 Å². The van der Waals surface area contributed by atoms with E-state index in [-0.39, 0.29) is 11.9 Å². The molecule has 0 amide bonds. The van der Waals surface area contributed by atoms with E-state index in [4.69, 9.17) is 9.47 Å². The summed E-state index contributed by atoms with van der Waals surface area (Å²) in [7, 11) is 0. The Morgan fingerprint density at radius 3 is 2.64 bits per heavy atom. The van der Waals surface area contributed by atoms with Gasteiger partial charge in [-0.05, 0) is 25.2 Å². The van der Waals surface area contributed by atoms with Crippen LogP contribution in [0.25, 0.3) is 0 Å². The summed E-state index contributed by atoms with van der Waals surface area (Å²) < 4.78 is 10.4. The summed E-state index contributed by atoms with van der Waals surface area (Å²) in [6.07, 6.45) is 2.59. The van der Waals surface area contributed by atoms with Crippen molar-refractivity contribution < 1.29 is 14.3 Å². The highest BCUT2D eigenvalue weighted by Crippen LogP contribution is 2.16. The molecule has 0 aromatic carbocycles. The zero-order chi connectivity index (χ0) is 10.4. The number of ether oxygens (including phenoxy) is 2. The molecule has 0 saturated carbocycles. The van der Waals surface area contributed by atoms with Crippen molar-refractivity contribution >= 4 is 5.97 Å². The van der Waals surface area contributed by atoms with Crippen LogP contribution in [0.1, 0.15) is 33.1 Å². The van der Waals surface area contributed by atoms with Crippen molar-refractivity contribution in [1.82, 2.24) is 0 Å². The number of carbonyl (C=O) groups excluding carboxylic acids is 1. The van der Waals surface area contributed by atoms with E-state index >= 15 is 0 Å². The summed E-state index contributed by atoms with van der Waals surface area (Å²) in [5, 5.41) is 0. The van der Waals surface area contributed by atoms with Crippen molar-refractivity contribution in [2.24, 2.45) is 11.8 Å². The van der Waals surface area contributed by atoms with Crippen LogP contribution in [-0.2, 0) is 14.3 Å². The lowest BCUT2D eigenvalue weighted by atomic mass is 10.0. The molecule has 3 heteroatoms. The van der Waals surface area contributed by atoms with Crippen molar-refractivity contribution in [2.45, 2.75) is 33.1 Å². The zero-order valence-electron chi connectivity index (χ0n) is 9.12. The molecule has 0 unspecified atom stereocenters. The first-order valence-corrected chi connectivity index (χ1v) is 5.44. The molecule has 1 aliphatic rings. The van der Waals surface area contributed by atoms with Crippen LogP contribution in [0.4, 0.5) is 0 Å². The fraction of sp³-hybridized carbons (Fsp3) is 0.909. The van der Waals surface area contributed by atoms with Crippen LogP contribution >= 0.6 is 0 Å². The van der Waals surface area contributed by atoms with Crippen molar-refractivity contribution in [3.05, 3.63) is 0 Å². The van der Waals surface area contributed by atoms with Crippen LogP contribution in [0.3, 0.4) is 0 Å². The van der Waals surface area contributed by atoms with E-state index in [9.17, 15) is 4.79 Å². The van der Waals surface area contributed by atoms with Gasteiger partial charge < -0.3 is 9.47 Å². The average Bonchev–Trinajstić information content (AvgIpc) is 2.18. The van der Waals surface area contributed by atoms with Crippen molar-refractivity contribution in [2.75, 3.05) is 19.8 Å². The number of hydrogen-bond acceptors (Lipinski definition) is 3. The number of hydrogen-bond donors (Lipinski definition) is 0. The normalized spacial score (nSPS) is 18.5. The van der Waals surface area contributed by atoms with E-state index in [0.29, 0.717) is 25.7 Å². The molecule has 82 valence electrons. The maximum atomic E-state index is 11.5. The van der Waals surface area contributed by atoms with Gasteiger partial charge >= 0.3 is 5.97 Å². The smallest absolute Gasteiger partial charge is 0.309 e. The molecule has 0 atom stereocenters. The van der Waals surface area contributed by atoms with Gasteiger partial charge in [-0.2, -0.15) is 0 Å². The van der Waals surface area contributed by atoms with E-state index < -0.39 is 0 Å². The highest BCUT2D eigenvalue weighted by molar-refractivity contribution is 5.72. The first kappa shape index (κ1) is 11.5. The van der Waals surface area contributed by atoms with Gasteiger partial charge in [-0.3, -0.25) is 4.79 Å². The molecule has 0 radical (unpaired) electrons. The van der Waals surface area contributed by atoms with Gasteiger partial charge in [0.15, 0.2) is 0 Å². The predicted molar refractivity (Wildman–Crippen MR) is 54.0 cm³/mol. The lowest BCUT2D eigenvalue weighted by Gasteiger charge is -2.20. The Labute approximate surface area is 85.8 Å². The first-order chi connectivity index (χ1) is 6.70. The average molecular weight is 200 g/mol. The van der Waals surface area contributed by atoms with Gasteiger partial charge in [-0.15, -0.1) is 0 Å². The Hall–Kier alpha value is -0.570. The molecule has 0 aromatic heterocycles. The van der Waals surface area contributed by atoms with E-state index in [2.05, 4.69) is 13.8 Å². The summed E-state index contributed by atoms with van der Waals surface area (Å²) in [6, 6.07) is 0. The van der Waals surface area contributed by atoms with Gasteiger partial charge in [-0.1, -0.05) is 13.8 Å². The molecule has 0 aromatic rings. The third kappa shape index (κ3) is 4.09. The van der Waals surface area contributed by atoms with Crippen molar-refractivity contribution in [3.8, 4) is 0 Å². The first-order valence-electron chi connectivity index (χ1n) is 5.44. The Morgan fingerprint density at radius 1 is 1.43 bits per heavy atom. The topological polar surface area (TPSA) is 35.5 Å². The van der Waals surface area contributed by atoms with Crippen LogP contribution in [0.5, 0.6) is 0 Å². The van der Waals surface area contributed by atoms with Crippen LogP contribution < -0.4 is 0 Å². The SMILES string of the molecule is CC(C)CCOC(=O)C1CCOCC1. The molecule has 3 nitrogen and oxygen atoms in total. The standard InChI is InChI=1S/C11H20O3/c1-9(2)3-8-14-11(12)10-4-6-13-7-5-10/h9-10H,3-8H2,1-2H3. The molecule has 1 rings (SSSR count).